The second-order valence-corrected chi connectivity index (χ2v) is 8.77. The first-order valence-corrected chi connectivity index (χ1v) is 11.1. The van der Waals surface area contributed by atoms with Crippen molar-refractivity contribution in [2.24, 2.45) is 0 Å². The fraction of sp³-hybridized carbons (Fsp3) is 0.385. The highest BCUT2D eigenvalue weighted by atomic mass is 19.1. The third-order valence-corrected chi connectivity index (χ3v) is 6.58. The molecule has 2 aliphatic rings. The molecule has 1 amide bonds. The molecule has 3 heterocycles. The van der Waals surface area contributed by atoms with Gasteiger partial charge in [-0.05, 0) is 48.9 Å². The number of amides is 1. The van der Waals surface area contributed by atoms with Crippen LogP contribution in [0.15, 0.2) is 60.8 Å². The molecule has 0 bridgehead atoms. The van der Waals surface area contributed by atoms with Crippen LogP contribution in [0.2, 0.25) is 0 Å². The summed E-state index contributed by atoms with van der Waals surface area (Å²) in [5, 5.41) is 1.11. The van der Waals surface area contributed by atoms with E-state index in [0.29, 0.717) is 39.0 Å². The summed E-state index contributed by atoms with van der Waals surface area (Å²) >= 11 is 0. The molecule has 1 atom stereocenters. The molecule has 0 N–H and O–H groups in total. The lowest BCUT2D eigenvalue weighted by Gasteiger charge is -2.37. The Morgan fingerprint density at radius 2 is 1.87 bits per heavy atom. The summed E-state index contributed by atoms with van der Waals surface area (Å²) in [6.07, 6.45) is 4.42. The quantitative estimate of drug-likeness (QED) is 0.602. The number of carbonyl (C=O) groups excluding carboxylic acids is 1. The summed E-state index contributed by atoms with van der Waals surface area (Å²) in [6.45, 7) is 1.59. The monoisotopic (exact) mass is 418 g/mol. The Kier molecular flexibility index (Phi) is 5.45. The van der Waals surface area contributed by atoms with Crippen molar-refractivity contribution in [3.8, 4) is 11.1 Å². The molecule has 1 aromatic heterocycles. The maximum atomic E-state index is 15.5. The number of carbonyl (C=O) groups is 1. The lowest BCUT2D eigenvalue weighted by Crippen LogP contribution is -2.48. The summed E-state index contributed by atoms with van der Waals surface area (Å²) in [5.74, 6) is 0.0351. The average molecular weight is 419 g/mol. The number of alkyl halides is 1. The van der Waals surface area contributed by atoms with Crippen molar-refractivity contribution in [2.45, 2.75) is 43.9 Å². The van der Waals surface area contributed by atoms with Gasteiger partial charge < -0.3 is 9.64 Å². The molecule has 2 aliphatic heterocycles. The zero-order valence-electron chi connectivity index (χ0n) is 17.6. The largest absolute Gasteiger partial charge is 0.368 e. The van der Waals surface area contributed by atoms with Gasteiger partial charge in [0.25, 0.3) is 5.91 Å². The van der Waals surface area contributed by atoms with E-state index in [1.165, 1.54) is 0 Å². The van der Waals surface area contributed by atoms with Crippen LogP contribution in [0.5, 0.6) is 0 Å². The molecule has 0 aliphatic carbocycles. The Labute approximate surface area is 182 Å². The number of piperidine rings is 1. The zero-order valence-corrected chi connectivity index (χ0v) is 17.6. The summed E-state index contributed by atoms with van der Waals surface area (Å²) in [5.41, 5.74) is 2.83. The second kappa shape index (κ2) is 8.39. The summed E-state index contributed by atoms with van der Waals surface area (Å²) in [4.78, 5) is 18.8. The third-order valence-electron chi connectivity index (χ3n) is 6.58. The first-order chi connectivity index (χ1) is 15.1. The minimum atomic E-state index is -1.26. The van der Waals surface area contributed by atoms with Crippen molar-refractivity contribution < 1.29 is 13.9 Å². The molecule has 2 saturated heterocycles. The Morgan fingerprint density at radius 3 is 2.61 bits per heavy atom. The van der Waals surface area contributed by atoms with Crippen LogP contribution in [0.3, 0.4) is 0 Å². The topological polar surface area (TPSA) is 42.4 Å². The first kappa shape index (κ1) is 20.1. The smallest absolute Gasteiger partial charge is 0.251 e. The van der Waals surface area contributed by atoms with E-state index in [1.54, 1.807) is 4.90 Å². The van der Waals surface area contributed by atoms with Gasteiger partial charge in [0.2, 0.25) is 0 Å². The van der Waals surface area contributed by atoms with Crippen LogP contribution >= 0.6 is 0 Å². The Hall–Kier alpha value is -2.79. The minimum Gasteiger partial charge on any atom is -0.368 e. The lowest BCUT2D eigenvalue weighted by molar-refractivity contribution is -0.143. The molecule has 31 heavy (non-hydrogen) atoms. The maximum absolute atomic E-state index is 15.5. The predicted octanol–water partition coefficient (Wildman–Crippen LogP) is 4.95. The van der Waals surface area contributed by atoms with Gasteiger partial charge in [-0.2, -0.15) is 0 Å². The maximum Gasteiger partial charge on any atom is 0.251 e. The van der Waals surface area contributed by atoms with Gasteiger partial charge in [0, 0.05) is 43.3 Å². The molecule has 0 saturated carbocycles. The predicted molar refractivity (Wildman–Crippen MR) is 120 cm³/mol. The van der Waals surface area contributed by atoms with E-state index < -0.39 is 5.67 Å². The number of para-hydroxylation sites is 1. The number of likely N-dealkylation sites (tertiary alicyclic amines) is 1. The van der Waals surface area contributed by atoms with Gasteiger partial charge in [-0.15, -0.1) is 0 Å². The van der Waals surface area contributed by atoms with Crippen LogP contribution < -0.4 is 0 Å². The molecule has 5 heteroatoms. The molecule has 0 unspecified atom stereocenters. The van der Waals surface area contributed by atoms with Crippen LogP contribution in [0.4, 0.5) is 4.39 Å². The van der Waals surface area contributed by atoms with E-state index in [9.17, 15) is 4.79 Å². The SMILES string of the molecule is O=C([C@H]1CCCO1)N1CCC(F)(Cc2ccc(-c3cnc4ccccc4c3)cc2)CC1. The Bertz CT molecular complexity index is 1070. The van der Waals surface area contributed by atoms with E-state index >= 15 is 4.39 Å². The van der Waals surface area contributed by atoms with Crippen molar-refractivity contribution in [1.82, 2.24) is 9.88 Å². The van der Waals surface area contributed by atoms with E-state index in [1.807, 2.05) is 48.7 Å². The van der Waals surface area contributed by atoms with Crippen LogP contribution in [-0.4, -0.2) is 47.3 Å². The Balaban J connectivity index is 1.22. The van der Waals surface area contributed by atoms with Crippen LogP contribution in [0.1, 0.15) is 31.2 Å². The molecular weight excluding hydrogens is 391 g/mol. The Morgan fingerprint density at radius 1 is 1.10 bits per heavy atom. The fourth-order valence-electron chi connectivity index (χ4n) is 4.69. The number of hydrogen-bond donors (Lipinski definition) is 0. The van der Waals surface area contributed by atoms with Gasteiger partial charge >= 0.3 is 0 Å². The highest BCUT2D eigenvalue weighted by Crippen LogP contribution is 2.32. The van der Waals surface area contributed by atoms with E-state index in [-0.39, 0.29) is 12.0 Å². The van der Waals surface area contributed by atoms with Gasteiger partial charge in [0.15, 0.2) is 0 Å². The average Bonchev–Trinajstić information content (AvgIpc) is 3.34. The molecule has 2 fully saturated rings. The first-order valence-electron chi connectivity index (χ1n) is 11.1. The van der Waals surface area contributed by atoms with Gasteiger partial charge in [-0.1, -0.05) is 42.5 Å². The minimum absolute atomic E-state index is 0.0351. The molecule has 4 nitrogen and oxygen atoms in total. The molecule has 160 valence electrons. The lowest BCUT2D eigenvalue weighted by atomic mass is 9.86. The number of ether oxygens (including phenoxy) is 1. The normalized spacial score (nSPS) is 20.8. The van der Waals surface area contributed by atoms with E-state index in [4.69, 9.17) is 4.74 Å². The highest BCUT2D eigenvalue weighted by molar-refractivity contribution is 5.83. The number of aromatic nitrogens is 1. The van der Waals surface area contributed by atoms with Crippen molar-refractivity contribution in [3.05, 3.63) is 66.4 Å². The molecule has 3 aromatic rings. The summed E-state index contributed by atoms with van der Waals surface area (Å²) < 4.78 is 21.0. The number of halogens is 1. The van der Waals surface area contributed by atoms with Crippen LogP contribution in [-0.2, 0) is 16.0 Å². The second-order valence-electron chi connectivity index (χ2n) is 8.77. The fourth-order valence-corrected chi connectivity index (χ4v) is 4.69. The van der Waals surface area contributed by atoms with Gasteiger partial charge in [-0.25, -0.2) is 4.39 Å². The summed E-state index contributed by atoms with van der Waals surface area (Å²) in [6, 6.07) is 18.3. The standard InChI is InChI=1S/C26H27FN2O2/c27-26(11-13-29(14-12-26)25(30)24-6-3-15-31-24)17-19-7-9-20(10-8-19)22-16-21-4-1-2-5-23(21)28-18-22/h1-2,4-5,7-10,16,18,24H,3,6,11-15,17H2/t24-/m1/s1. The molecule has 2 aromatic carbocycles. The van der Waals surface area contributed by atoms with Crippen LogP contribution in [0, 0.1) is 0 Å². The van der Waals surface area contributed by atoms with Gasteiger partial charge in [0.05, 0.1) is 5.52 Å². The number of rotatable bonds is 4. The number of nitrogens with zero attached hydrogens (tertiary/aromatic N) is 2. The van der Waals surface area contributed by atoms with Crippen molar-refractivity contribution in [2.75, 3.05) is 19.7 Å². The van der Waals surface area contributed by atoms with Crippen molar-refractivity contribution in [3.63, 3.8) is 0 Å². The van der Waals surface area contributed by atoms with Crippen LogP contribution in [0.25, 0.3) is 22.0 Å². The van der Waals surface area contributed by atoms with Gasteiger partial charge in [-0.3, -0.25) is 9.78 Å². The van der Waals surface area contributed by atoms with Crippen molar-refractivity contribution in [1.29, 1.82) is 0 Å². The number of hydrogen-bond acceptors (Lipinski definition) is 3. The van der Waals surface area contributed by atoms with Crippen molar-refractivity contribution >= 4 is 16.8 Å². The molecule has 5 rings (SSSR count). The number of pyridine rings is 1. The summed E-state index contributed by atoms with van der Waals surface area (Å²) in [7, 11) is 0. The molecule has 0 radical (unpaired) electrons. The van der Waals surface area contributed by atoms with E-state index in [2.05, 4.69) is 17.1 Å². The number of fused-ring (bicyclic) bond motifs is 1. The van der Waals surface area contributed by atoms with Gasteiger partial charge in [0.1, 0.15) is 11.8 Å². The third kappa shape index (κ3) is 4.33. The molecule has 0 spiro atoms. The zero-order chi connectivity index (χ0) is 21.3. The molecular formula is C26H27FN2O2. The van der Waals surface area contributed by atoms with E-state index in [0.717, 1.165) is 40.4 Å². The highest BCUT2D eigenvalue weighted by Gasteiger charge is 2.38. The number of benzene rings is 2.